The zero-order valence-corrected chi connectivity index (χ0v) is 11.6. The number of rotatable bonds is 6. The Morgan fingerprint density at radius 1 is 1.22 bits per heavy atom. The molecule has 0 radical (unpaired) electrons. The maximum atomic E-state index is 5.25. The Labute approximate surface area is 111 Å². The summed E-state index contributed by atoms with van der Waals surface area (Å²) in [4.78, 5) is 0. The summed E-state index contributed by atoms with van der Waals surface area (Å²) in [6.07, 6.45) is 5.62. The number of methoxy groups -OCH3 is 1. The molecule has 0 heterocycles. The first-order valence-corrected chi connectivity index (χ1v) is 7.10. The number of hydrogen-bond acceptors (Lipinski definition) is 2. The summed E-state index contributed by atoms with van der Waals surface area (Å²) >= 11 is 0. The van der Waals surface area contributed by atoms with E-state index < -0.39 is 0 Å². The normalized spacial score (nSPS) is 18.1. The van der Waals surface area contributed by atoms with E-state index in [-0.39, 0.29) is 0 Å². The van der Waals surface area contributed by atoms with Crippen molar-refractivity contribution in [3.63, 3.8) is 0 Å². The van der Waals surface area contributed by atoms with Crippen LogP contribution < -0.4 is 5.32 Å². The molecule has 2 heteroatoms. The number of hydrogen-bond donors (Lipinski definition) is 1. The lowest BCUT2D eigenvalue weighted by Crippen LogP contribution is -2.32. The van der Waals surface area contributed by atoms with E-state index in [4.69, 9.17) is 4.74 Å². The third-order valence-corrected chi connectivity index (χ3v) is 4.14. The van der Waals surface area contributed by atoms with E-state index in [0.29, 0.717) is 12.6 Å². The zero-order valence-electron chi connectivity index (χ0n) is 11.6. The van der Waals surface area contributed by atoms with Gasteiger partial charge in [-0.05, 0) is 36.8 Å². The largest absolute Gasteiger partial charge is 0.380 e. The molecule has 1 N–H and O–H groups in total. The average molecular weight is 247 g/mol. The van der Waals surface area contributed by atoms with Crippen molar-refractivity contribution < 1.29 is 4.74 Å². The minimum Gasteiger partial charge on any atom is -0.380 e. The van der Waals surface area contributed by atoms with Crippen LogP contribution in [0.1, 0.15) is 43.7 Å². The van der Waals surface area contributed by atoms with Crippen LogP contribution in [0.25, 0.3) is 0 Å². The summed E-state index contributed by atoms with van der Waals surface area (Å²) in [6, 6.07) is 9.17. The summed E-state index contributed by atoms with van der Waals surface area (Å²) in [6.45, 7) is 3.99. The van der Waals surface area contributed by atoms with Crippen molar-refractivity contribution in [3.8, 4) is 0 Å². The Bertz CT molecular complexity index is 358. The second kappa shape index (κ2) is 6.91. The van der Waals surface area contributed by atoms with Crippen LogP contribution in [0.15, 0.2) is 24.3 Å². The maximum absolute atomic E-state index is 5.25. The van der Waals surface area contributed by atoms with E-state index in [0.717, 1.165) is 12.5 Å². The van der Waals surface area contributed by atoms with Crippen LogP contribution in [-0.2, 0) is 17.9 Å². The van der Waals surface area contributed by atoms with Gasteiger partial charge in [0.05, 0.1) is 6.61 Å². The Morgan fingerprint density at radius 3 is 2.56 bits per heavy atom. The molecular formula is C16H25NO. The first-order chi connectivity index (χ1) is 8.81. The number of nitrogens with one attached hydrogen (secondary N) is 1. The topological polar surface area (TPSA) is 21.3 Å². The van der Waals surface area contributed by atoms with Gasteiger partial charge in [0, 0.05) is 19.7 Å². The molecule has 1 fully saturated rings. The molecular weight excluding hydrogens is 222 g/mol. The van der Waals surface area contributed by atoms with Gasteiger partial charge in [0.1, 0.15) is 0 Å². The van der Waals surface area contributed by atoms with E-state index in [1.807, 2.05) is 0 Å². The molecule has 1 saturated carbocycles. The lowest BCUT2D eigenvalue weighted by atomic mass is 9.99. The van der Waals surface area contributed by atoms with Gasteiger partial charge in [-0.3, -0.25) is 0 Å². The van der Waals surface area contributed by atoms with Crippen molar-refractivity contribution in [2.45, 2.75) is 51.8 Å². The molecule has 0 saturated heterocycles. The highest BCUT2D eigenvalue weighted by Gasteiger charge is 2.20. The highest BCUT2D eigenvalue weighted by Crippen LogP contribution is 2.27. The zero-order chi connectivity index (χ0) is 12.8. The van der Waals surface area contributed by atoms with Crippen molar-refractivity contribution in [2.75, 3.05) is 7.11 Å². The van der Waals surface area contributed by atoms with E-state index in [1.54, 1.807) is 7.11 Å². The molecule has 1 unspecified atom stereocenters. The van der Waals surface area contributed by atoms with Crippen LogP contribution in [0.4, 0.5) is 0 Å². The molecule has 1 aliphatic rings. The molecule has 1 aromatic rings. The number of benzene rings is 1. The van der Waals surface area contributed by atoms with Gasteiger partial charge in [-0.2, -0.15) is 0 Å². The lowest BCUT2D eigenvalue weighted by Gasteiger charge is -2.21. The first kappa shape index (κ1) is 13.6. The predicted molar refractivity (Wildman–Crippen MR) is 75.4 cm³/mol. The molecule has 0 bridgehead atoms. The third kappa shape index (κ3) is 3.56. The second-order valence-electron chi connectivity index (χ2n) is 5.42. The molecule has 1 atom stereocenters. The average Bonchev–Trinajstić information content (AvgIpc) is 2.92. The Hall–Kier alpha value is -0.860. The molecule has 0 spiro atoms. The first-order valence-electron chi connectivity index (χ1n) is 7.10. The summed E-state index contributed by atoms with van der Waals surface area (Å²) in [5.41, 5.74) is 2.66. The van der Waals surface area contributed by atoms with E-state index in [1.165, 1.54) is 36.8 Å². The maximum Gasteiger partial charge on any atom is 0.0716 e. The van der Waals surface area contributed by atoms with Gasteiger partial charge in [0.15, 0.2) is 0 Å². The quantitative estimate of drug-likeness (QED) is 0.830. The van der Waals surface area contributed by atoms with Gasteiger partial charge in [-0.1, -0.05) is 37.1 Å². The van der Waals surface area contributed by atoms with Crippen molar-refractivity contribution >= 4 is 0 Å². The molecule has 0 amide bonds. The number of ether oxygens (including phenoxy) is 1. The fraction of sp³-hybridized carbons (Fsp3) is 0.625. The van der Waals surface area contributed by atoms with Gasteiger partial charge < -0.3 is 10.1 Å². The van der Waals surface area contributed by atoms with Gasteiger partial charge in [-0.15, -0.1) is 0 Å². The van der Waals surface area contributed by atoms with E-state index in [2.05, 4.69) is 36.5 Å². The third-order valence-electron chi connectivity index (χ3n) is 4.14. The molecule has 18 heavy (non-hydrogen) atoms. The molecule has 0 aliphatic heterocycles. The SMILES string of the molecule is COCc1ccccc1CNC(C)C1CCCC1. The fourth-order valence-corrected chi connectivity index (χ4v) is 2.92. The highest BCUT2D eigenvalue weighted by molar-refractivity contribution is 5.26. The minimum atomic E-state index is 0.628. The summed E-state index contributed by atoms with van der Waals surface area (Å²) < 4.78 is 5.25. The van der Waals surface area contributed by atoms with Crippen LogP contribution in [0, 0.1) is 5.92 Å². The molecule has 2 nitrogen and oxygen atoms in total. The molecule has 1 aliphatic carbocycles. The second-order valence-corrected chi connectivity index (χ2v) is 5.42. The summed E-state index contributed by atoms with van der Waals surface area (Å²) in [7, 11) is 1.76. The summed E-state index contributed by atoms with van der Waals surface area (Å²) in [5.74, 6) is 0.875. The van der Waals surface area contributed by atoms with Crippen LogP contribution >= 0.6 is 0 Å². The Kier molecular flexibility index (Phi) is 5.21. The van der Waals surface area contributed by atoms with Crippen LogP contribution in [0.2, 0.25) is 0 Å². The smallest absolute Gasteiger partial charge is 0.0716 e. The van der Waals surface area contributed by atoms with Crippen molar-refractivity contribution in [1.29, 1.82) is 0 Å². The molecule has 100 valence electrons. The molecule has 0 aromatic heterocycles. The van der Waals surface area contributed by atoms with Crippen molar-refractivity contribution in [3.05, 3.63) is 35.4 Å². The predicted octanol–water partition coefficient (Wildman–Crippen LogP) is 3.50. The van der Waals surface area contributed by atoms with E-state index in [9.17, 15) is 0 Å². The van der Waals surface area contributed by atoms with Crippen LogP contribution in [-0.4, -0.2) is 13.2 Å². The van der Waals surface area contributed by atoms with Gasteiger partial charge >= 0.3 is 0 Å². The van der Waals surface area contributed by atoms with Crippen LogP contribution in [0.5, 0.6) is 0 Å². The lowest BCUT2D eigenvalue weighted by molar-refractivity contribution is 0.184. The van der Waals surface area contributed by atoms with Gasteiger partial charge in [0.25, 0.3) is 0 Å². The minimum absolute atomic E-state index is 0.628. The van der Waals surface area contributed by atoms with Gasteiger partial charge in [0.2, 0.25) is 0 Å². The summed E-state index contributed by atoms with van der Waals surface area (Å²) in [5, 5.41) is 3.68. The van der Waals surface area contributed by atoms with E-state index >= 15 is 0 Å². The Balaban J connectivity index is 1.88. The highest BCUT2D eigenvalue weighted by atomic mass is 16.5. The molecule has 2 rings (SSSR count). The fourth-order valence-electron chi connectivity index (χ4n) is 2.92. The Morgan fingerprint density at radius 2 is 1.89 bits per heavy atom. The monoisotopic (exact) mass is 247 g/mol. The molecule has 1 aromatic carbocycles. The van der Waals surface area contributed by atoms with Gasteiger partial charge in [-0.25, -0.2) is 0 Å². The standard InChI is InChI=1S/C16H25NO/c1-13(14-7-3-4-8-14)17-11-15-9-5-6-10-16(15)12-18-2/h5-6,9-10,13-14,17H,3-4,7-8,11-12H2,1-2H3. The van der Waals surface area contributed by atoms with Crippen LogP contribution in [0.3, 0.4) is 0 Å². The van der Waals surface area contributed by atoms with Crippen molar-refractivity contribution in [2.24, 2.45) is 5.92 Å². The van der Waals surface area contributed by atoms with Crippen molar-refractivity contribution in [1.82, 2.24) is 5.32 Å².